The van der Waals surface area contributed by atoms with Crippen molar-refractivity contribution < 1.29 is 68.2 Å². The molecule has 0 bridgehead atoms. The number of rotatable bonds is 37. The number of hydrogen-bond donors (Lipinski definition) is 7. The fourth-order valence-corrected chi connectivity index (χ4v) is 7.56. The number of hydrogen-bond acceptors (Lipinski definition) is 13. The number of phosphoric ester groups is 1. The molecule has 15 heteroatoms. The first-order chi connectivity index (χ1) is 29.8. The summed E-state index contributed by atoms with van der Waals surface area (Å²) in [6, 6.07) is 0. The Morgan fingerprint density at radius 2 is 1.08 bits per heavy atom. The van der Waals surface area contributed by atoms with Gasteiger partial charge in [-0.05, 0) is 70.6 Å². The molecule has 1 fully saturated rings. The van der Waals surface area contributed by atoms with Gasteiger partial charge >= 0.3 is 19.8 Å². The Hall–Kier alpha value is -2.49. The van der Waals surface area contributed by atoms with Gasteiger partial charge in [-0.2, -0.15) is 0 Å². The third kappa shape index (κ3) is 29.1. The molecule has 0 aromatic carbocycles. The number of aliphatic hydroxyl groups excluding tert-OH is 6. The number of carbonyl (C=O) groups is 2. The predicted octanol–water partition coefficient (Wildman–Crippen LogP) is 7.92. The highest BCUT2D eigenvalue weighted by atomic mass is 31.2. The van der Waals surface area contributed by atoms with Crippen molar-refractivity contribution in [3.8, 4) is 0 Å². The Morgan fingerprint density at radius 3 is 1.73 bits per heavy atom. The van der Waals surface area contributed by atoms with Crippen molar-refractivity contribution in [2.24, 2.45) is 0 Å². The van der Waals surface area contributed by atoms with Crippen molar-refractivity contribution in [3.05, 3.63) is 60.8 Å². The Bertz CT molecular complexity index is 1330. The van der Waals surface area contributed by atoms with Crippen molar-refractivity contribution in [1.82, 2.24) is 0 Å². The molecule has 0 heterocycles. The molecule has 358 valence electrons. The Balaban J connectivity index is 2.55. The molecule has 0 radical (unpaired) electrons. The van der Waals surface area contributed by atoms with E-state index in [9.17, 15) is 49.7 Å². The van der Waals surface area contributed by atoms with Crippen LogP contribution in [0, 0.1) is 0 Å². The summed E-state index contributed by atoms with van der Waals surface area (Å²) in [6.45, 7) is 3.12. The summed E-state index contributed by atoms with van der Waals surface area (Å²) < 4.78 is 33.4. The lowest BCUT2D eigenvalue weighted by Crippen LogP contribution is -2.64. The third-order valence-electron chi connectivity index (χ3n) is 10.4. The van der Waals surface area contributed by atoms with E-state index in [0.717, 1.165) is 51.4 Å². The Morgan fingerprint density at radius 1 is 0.581 bits per heavy atom. The summed E-state index contributed by atoms with van der Waals surface area (Å²) >= 11 is 0. The minimum Gasteiger partial charge on any atom is -0.462 e. The molecule has 9 atom stereocenters. The standard InChI is InChI=1S/C47H81O14P/c1-3-5-7-9-11-13-14-15-16-17-18-20-22-26-30-34-40(49)58-36-39(37-59-62(56,57)61-47-45(54)43(52)42(51)44(53)46(47)55)60-41(50)35-31-27-23-25-29-33-38(48)32-28-24-21-19-12-10-8-6-4-2/h12-14,19,23-25,28-29,33,38-39,42-48,51-55H,3-11,15-18,20-22,26-27,30-32,34-37H2,1-2H3,(H,56,57)/b14-13-,19-12-,25-23+,28-24-,33-29-/t38?,39-,42?,43-,44+,45-,46-,47?/m1/s1. The molecule has 0 aromatic rings. The van der Waals surface area contributed by atoms with Gasteiger partial charge in [0.2, 0.25) is 0 Å². The van der Waals surface area contributed by atoms with Gasteiger partial charge in [0.05, 0.1) is 12.7 Å². The lowest BCUT2D eigenvalue weighted by atomic mass is 9.85. The van der Waals surface area contributed by atoms with E-state index >= 15 is 0 Å². The second-order valence-corrected chi connectivity index (χ2v) is 17.5. The molecule has 7 N–H and O–H groups in total. The van der Waals surface area contributed by atoms with Crippen LogP contribution in [0.5, 0.6) is 0 Å². The van der Waals surface area contributed by atoms with Gasteiger partial charge < -0.3 is 45.0 Å². The zero-order valence-electron chi connectivity index (χ0n) is 37.5. The average molecular weight is 901 g/mol. The van der Waals surface area contributed by atoms with Crippen LogP contribution in [-0.4, -0.2) is 110 Å². The Labute approximate surface area is 371 Å². The largest absolute Gasteiger partial charge is 0.472 e. The van der Waals surface area contributed by atoms with Gasteiger partial charge in [0.1, 0.15) is 43.2 Å². The number of ether oxygens (including phenoxy) is 2. The zero-order valence-corrected chi connectivity index (χ0v) is 38.4. The van der Waals surface area contributed by atoms with E-state index in [1.165, 1.54) is 57.8 Å². The van der Waals surface area contributed by atoms with Crippen molar-refractivity contribution in [3.63, 3.8) is 0 Å². The van der Waals surface area contributed by atoms with Crippen LogP contribution >= 0.6 is 7.82 Å². The van der Waals surface area contributed by atoms with Crippen LogP contribution in [-0.2, 0) is 32.7 Å². The molecular formula is C47H81O14P. The number of allylic oxidation sites excluding steroid dienone is 8. The first-order valence-electron chi connectivity index (χ1n) is 23.2. The van der Waals surface area contributed by atoms with Crippen LogP contribution < -0.4 is 0 Å². The number of esters is 2. The fraction of sp³-hybridized carbons (Fsp3) is 0.745. The molecule has 1 aliphatic rings. The molecule has 0 aliphatic heterocycles. The van der Waals surface area contributed by atoms with E-state index in [1.807, 2.05) is 18.2 Å². The van der Waals surface area contributed by atoms with E-state index in [-0.39, 0.29) is 12.8 Å². The van der Waals surface area contributed by atoms with Crippen LogP contribution in [0.25, 0.3) is 0 Å². The van der Waals surface area contributed by atoms with Crippen LogP contribution in [0.4, 0.5) is 0 Å². The molecule has 4 unspecified atom stereocenters. The molecular weight excluding hydrogens is 819 g/mol. The molecule has 1 aliphatic carbocycles. The van der Waals surface area contributed by atoms with E-state index in [0.29, 0.717) is 25.7 Å². The smallest absolute Gasteiger partial charge is 0.462 e. The van der Waals surface area contributed by atoms with Gasteiger partial charge in [0, 0.05) is 12.8 Å². The topological polar surface area (TPSA) is 230 Å². The number of carbonyl (C=O) groups excluding carboxylic acids is 2. The first kappa shape index (κ1) is 57.5. The van der Waals surface area contributed by atoms with Crippen LogP contribution in [0.15, 0.2) is 60.8 Å². The summed E-state index contributed by atoms with van der Waals surface area (Å²) in [4.78, 5) is 35.7. The summed E-state index contributed by atoms with van der Waals surface area (Å²) in [5.41, 5.74) is 0. The minimum atomic E-state index is -5.16. The number of phosphoric acid groups is 1. The lowest BCUT2D eigenvalue weighted by molar-refractivity contribution is -0.220. The van der Waals surface area contributed by atoms with Gasteiger partial charge in [-0.15, -0.1) is 0 Å². The zero-order chi connectivity index (χ0) is 45.9. The molecule has 0 spiro atoms. The average Bonchev–Trinajstić information content (AvgIpc) is 3.25. The quantitative estimate of drug-likeness (QED) is 0.0103. The van der Waals surface area contributed by atoms with E-state index < -0.39 is 81.8 Å². The minimum absolute atomic E-state index is 0.0410. The van der Waals surface area contributed by atoms with E-state index in [4.69, 9.17) is 18.5 Å². The van der Waals surface area contributed by atoms with Gasteiger partial charge in [0.15, 0.2) is 6.10 Å². The van der Waals surface area contributed by atoms with Crippen molar-refractivity contribution in [1.29, 1.82) is 0 Å². The fourth-order valence-electron chi connectivity index (χ4n) is 6.59. The highest BCUT2D eigenvalue weighted by Gasteiger charge is 2.51. The molecule has 1 saturated carbocycles. The SMILES string of the molecule is CCCCC/C=C\C/C=C\CC(O)/C=C\C=C\CCCC(=O)O[C@H](COC(=O)CCCCCCCCC/C=C\CCCCCC)COP(=O)(O)OC1[C@H](O)[C@H](O)C(O)[C@H](O)[C@H]1O. The van der Waals surface area contributed by atoms with E-state index in [1.54, 1.807) is 18.2 Å². The maximum Gasteiger partial charge on any atom is 0.472 e. The molecule has 62 heavy (non-hydrogen) atoms. The normalized spacial score (nSPS) is 22.9. The van der Waals surface area contributed by atoms with Crippen LogP contribution in [0.2, 0.25) is 0 Å². The predicted molar refractivity (Wildman–Crippen MR) is 241 cm³/mol. The highest BCUT2D eigenvalue weighted by molar-refractivity contribution is 7.47. The molecule has 0 saturated heterocycles. The van der Waals surface area contributed by atoms with Gasteiger partial charge in [0.25, 0.3) is 0 Å². The van der Waals surface area contributed by atoms with Gasteiger partial charge in [-0.3, -0.25) is 18.6 Å². The summed E-state index contributed by atoms with van der Waals surface area (Å²) in [5.74, 6) is -1.24. The molecule has 14 nitrogen and oxygen atoms in total. The summed E-state index contributed by atoms with van der Waals surface area (Å²) in [6.07, 6.45) is 27.2. The second-order valence-electron chi connectivity index (χ2n) is 16.1. The van der Waals surface area contributed by atoms with E-state index in [2.05, 4.69) is 38.2 Å². The lowest BCUT2D eigenvalue weighted by Gasteiger charge is -2.41. The summed E-state index contributed by atoms with van der Waals surface area (Å²) in [5, 5.41) is 60.3. The van der Waals surface area contributed by atoms with Crippen LogP contribution in [0.3, 0.4) is 0 Å². The second kappa shape index (κ2) is 36.8. The molecule has 0 amide bonds. The number of unbranched alkanes of at least 4 members (excludes halogenated alkanes) is 15. The maximum absolute atomic E-state index is 12.8. The van der Waals surface area contributed by atoms with Gasteiger partial charge in [-0.25, -0.2) is 4.57 Å². The first-order valence-corrected chi connectivity index (χ1v) is 24.7. The maximum atomic E-state index is 12.8. The van der Waals surface area contributed by atoms with Crippen LogP contribution in [0.1, 0.15) is 162 Å². The summed E-state index contributed by atoms with van der Waals surface area (Å²) in [7, 11) is -5.16. The Kier molecular flexibility index (Phi) is 34.2. The molecule has 1 rings (SSSR count). The van der Waals surface area contributed by atoms with Crippen molar-refractivity contribution in [2.45, 2.75) is 210 Å². The van der Waals surface area contributed by atoms with Gasteiger partial charge in [-0.1, -0.05) is 139 Å². The molecule has 0 aromatic heterocycles. The monoisotopic (exact) mass is 901 g/mol. The highest BCUT2D eigenvalue weighted by Crippen LogP contribution is 2.47. The number of aliphatic hydroxyl groups is 6. The van der Waals surface area contributed by atoms with Crippen molar-refractivity contribution in [2.75, 3.05) is 13.2 Å². The third-order valence-corrected chi connectivity index (χ3v) is 11.4. The van der Waals surface area contributed by atoms with Crippen molar-refractivity contribution >= 4 is 19.8 Å².